The average molecular weight is 451 g/mol. The highest BCUT2D eigenvalue weighted by molar-refractivity contribution is 5.92. The molecule has 2 aliphatic heterocycles. The third kappa shape index (κ3) is 6.06. The second-order valence-electron chi connectivity index (χ2n) is 8.89. The molecule has 6 heteroatoms. The molecule has 0 radical (unpaired) electrons. The van der Waals surface area contributed by atoms with Gasteiger partial charge in [0.25, 0.3) is 0 Å². The van der Waals surface area contributed by atoms with Crippen LogP contribution in [0.15, 0.2) is 42.5 Å². The van der Waals surface area contributed by atoms with Crippen LogP contribution in [0.4, 0.5) is 5.69 Å². The number of nitrogens with zero attached hydrogens (tertiary/aromatic N) is 2. The minimum atomic E-state index is 0.0459. The highest BCUT2D eigenvalue weighted by Crippen LogP contribution is 2.31. The van der Waals surface area contributed by atoms with Crippen molar-refractivity contribution >= 4 is 17.5 Å². The Morgan fingerprint density at radius 1 is 0.848 bits per heavy atom. The van der Waals surface area contributed by atoms with Gasteiger partial charge in [-0.05, 0) is 42.2 Å². The summed E-state index contributed by atoms with van der Waals surface area (Å²) in [7, 11) is 0. The van der Waals surface area contributed by atoms with E-state index in [0.717, 1.165) is 74.2 Å². The Morgan fingerprint density at radius 2 is 1.58 bits per heavy atom. The quantitative estimate of drug-likeness (QED) is 0.663. The van der Waals surface area contributed by atoms with E-state index >= 15 is 0 Å². The van der Waals surface area contributed by atoms with E-state index in [0.29, 0.717) is 31.9 Å². The second-order valence-corrected chi connectivity index (χ2v) is 8.89. The minimum absolute atomic E-state index is 0.0459. The first kappa shape index (κ1) is 23.1. The number of hydrogen-bond donors (Lipinski definition) is 0. The number of rotatable bonds is 2. The molecule has 0 saturated carbocycles. The second kappa shape index (κ2) is 11.2. The summed E-state index contributed by atoms with van der Waals surface area (Å²) in [6.07, 6.45) is 6.47. The van der Waals surface area contributed by atoms with Gasteiger partial charge in [0.1, 0.15) is 0 Å². The van der Waals surface area contributed by atoms with Gasteiger partial charge in [-0.1, -0.05) is 43.5 Å². The molecule has 4 rings (SSSR count). The fourth-order valence-corrected chi connectivity index (χ4v) is 4.56. The zero-order valence-corrected chi connectivity index (χ0v) is 19.6. The van der Waals surface area contributed by atoms with Gasteiger partial charge in [0.15, 0.2) is 11.5 Å². The van der Waals surface area contributed by atoms with Gasteiger partial charge in [0, 0.05) is 38.7 Å². The van der Waals surface area contributed by atoms with Crippen LogP contribution in [-0.4, -0.2) is 43.0 Å². The monoisotopic (exact) mass is 450 g/mol. The van der Waals surface area contributed by atoms with Gasteiger partial charge in [-0.25, -0.2) is 0 Å². The first-order valence-electron chi connectivity index (χ1n) is 12.1. The van der Waals surface area contributed by atoms with Crippen LogP contribution in [0.3, 0.4) is 0 Å². The van der Waals surface area contributed by atoms with E-state index in [4.69, 9.17) is 9.47 Å². The molecule has 33 heavy (non-hydrogen) atoms. The molecule has 2 aliphatic rings. The average Bonchev–Trinajstić information content (AvgIpc) is 3.04. The molecule has 0 fully saturated rings. The van der Waals surface area contributed by atoms with Crippen molar-refractivity contribution in [3.8, 4) is 11.5 Å². The molecule has 0 aliphatic carbocycles. The standard InChI is InChI=1S/C27H34N2O4/c1-21(30)29-15-8-4-2-3-7-14-28(20-23-10-5-6-11-24(23)29)27(31)19-22-12-13-25-26(18-22)33-17-9-16-32-25/h5-6,10-13,18H,2-4,7-9,14-17,19-20H2,1H3. The lowest BCUT2D eigenvalue weighted by Gasteiger charge is -2.29. The Hall–Kier alpha value is -3.02. The number of ether oxygens (including phenoxy) is 2. The minimum Gasteiger partial charge on any atom is -0.490 e. The zero-order valence-electron chi connectivity index (χ0n) is 19.6. The Kier molecular flexibility index (Phi) is 7.87. The number of hydrogen-bond acceptors (Lipinski definition) is 4. The van der Waals surface area contributed by atoms with Crippen LogP contribution >= 0.6 is 0 Å². The summed E-state index contributed by atoms with van der Waals surface area (Å²) in [6, 6.07) is 13.8. The number of benzene rings is 2. The summed E-state index contributed by atoms with van der Waals surface area (Å²) < 4.78 is 11.5. The van der Waals surface area contributed by atoms with Crippen molar-refractivity contribution in [2.75, 3.05) is 31.2 Å². The molecule has 0 bridgehead atoms. The topological polar surface area (TPSA) is 59.1 Å². The molecule has 0 unspecified atom stereocenters. The van der Waals surface area contributed by atoms with Gasteiger partial charge in [-0.3, -0.25) is 9.59 Å². The summed E-state index contributed by atoms with van der Waals surface area (Å²) in [4.78, 5) is 29.6. The SMILES string of the molecule is CC(=O)N1CCCCCCCN(C(=O)Cc2ccc3c(c2)OCCCO3)Cc2ccccc21. The van der Waals surface area contributed by atoms with Crippen molar-refractivity contribution in [3.63, 3.8) is 0 Å². The molecule has 6 nitrogen and oxygen atoms in total. The number of carbonyl (C=O) groups excluding carboxylic acids is 2. The van der Waals surface area contributed by atoms with Gasteiger partial charge < -0.3 is 19.3 Å². The van der Waals surface area contributed by atoms with Gasteiger partial charge in [-0.15, -0.1) is 0 Å². The molecule has 2 amide bonds. The van der Waals surface area contributed by atoms with Crippen LogP contribution in [0.2, 0.25) is 0 Å². The van der Waals surface area contributed by atoms with Gasteiger partial charge in [0.2, 0.25) is 11.8 Å². The molecule has 2 heterocycles. The lowest BCUT2D eigenvalue weighted by molar-refractivity contribution is -0.131. The molecule has 176 valence electrons. The lowest BCUT2D eigenvalue weighted by Crippen LogP contribution is -2.35. The van der Waals surface area contributed by atoms with Crippen LogP contribution in [0, 0.1) is 0 Å². The molecular weight excluding hydrogens is 416 g/mol. The van der Waals surface area contributed by atoms with Crippen LogP contribution in [-0.2, 0) is 22.6 Å². The third-order valence-corrected chi connectivity index (χ3v) is 6.35. The normalized spacial score (nSPS) is 17.2. The van der Waals surface area contributed by atoms with Gasteiger partial charge >= 0.3 is 0 Å². The molecule has 0 saturated heterocycles. The van der Waals surface area contributed by atoms with Crippen molar-refractivity contribution in [2.24, 2.45) is 0 Å². The fraction of sp³-hybridized carbons (Fsp3) is 0.481. The van der Waals surface area contributed by atoms with Gasteiger partial charge in [-0.2, -0.15) is 0 Å². The molecular formula is C27H34N2O4. The van der Waals surface area contributed by atoms with Crippen molar-refractivity contribution in [1.29, 1.82) is 0 Å². The van der Waals surface area contributed by atoms with E-state index in [9.17, 15) is 9.59 Å². The van der Waals surface area contributed by atoms with Crippen molar-refractivity contribution < 1.29 is 19.1 Å². The molecule has 0 aromatic heterocycles. The number of amides is 2. The lowest BCUT2D eigenvalue weighted by atomic mass is 10.1. The van der Waals surface area contributed by atoms with Crippen molar-refractivity contribution in [1.82, 2.24) is 4.90 Å². The summed E-state index contributed by atoms with van der Waals surface area (Å²) in [5.74, 6) is 1.59. The van der Waals surface area contributed by atoms with E-state index in [1.807, 2.05) is 52.3 Å². The first-order chi connectivity index (χ1) is 16.1. The Balaban J connectivity index is 1.55. The highest BCUT2D eigenvalue weighted by Gasteiger charge is 2.21. The van der Waals surface area contributed by atoms with Crippen LogP contribution in [0.1, 0.15) is 56.6 Å². The smallest absolute Gasteiger partial charge is 0.227 e. The Labute approximate surface area is 196 Å². The summed E-state index contributed by atoms with van der Waals surface area (Å²) in [5, 5.41) is 0. The maximum absolute atomic E-state index is 13.4. The van der Waals surface area contributed by atoms with Crippen LogP contribution in [0.25, 0.3) is 0 Å². The number of para-hydroxylation sites is 1. The highest BCUT2D eigenvalue weighted by atomic mass is 16.5. The van der Waals surface area contributed by atoms with Crippen molar-refractivity contribution in [2.45, 2.75) is 58.4 Å². The van der Waals surface area contributed by atoms with E-state index in [1.54, 1.807) is 6.92 Å². The number of carbonyl (C=O) groups is 2. The van der Waals surface area contributed by atoms with Crippen LogP contribution in [0.5, 0.6) is 11.5 Å². The predicted octanol–water partition coefficient (Wildman–Crippen LogP) is 4.74. The Bertz CT molecular complexity index is 974. The number of anilines is 1. The first-order valence-corrected chi connectivity index (χ1v) is 12.1. The summed E-state index contributed by atoms with van der Waals surface area (Å²) in [6.45, 7) is 4.84. The summed E-state index contributed by atoms with van der Waals surface area (Å²) >= 11 is 0. The molecule has 2 aromatic carbocycles. The molecule has 0 N–H and O–H groups in total. The Morgan fingerprint density at radius 3 is 2.39 bits per heavy atom. The fourth-order valence-electron chi connectivity index (χ4n) is 4.56. The maximum atomic E-state index is 13.4. The summed E-state index contributed by atoms with van der Waals surface area (Å²) in [5.41, 5.74) is 2.85. The van der Waals surface area contributed by atoms with E-state index in [1.165, 1.54) is 0 Å². The molecule has 2 aromatic rings. The number of fused-ring (bicyclic) bond motifs is 2. The van der Waals surface area contributed by atoms with Crippen molar-refractivity contribution in [3.05, 3.63) is 53.6 Å². The van der Waals surface area contributed by atoms with E-state index < -0.39 is 0 Å². The molecule has 0 spiro atoms. The zero-order chi connectivity index (χ0) is 23.0. The maximum Gasteiger partial charge on any atom is 0.227 e. The largest absolute Gasteiger partial charge is 0.490 e. The van der Waals surface area contributed by atoms with Crippen LogP contribution < -0.4 is 14.4 Å². The van der Waals surface area contributed by atoms with E-state index in [-0.39, 0.29) is 11.8 Å². The van der Waals surface area contributed by atoms with E-state index in [2.05, 4.69) is 0 Å². The third-order valence-electron chi connectivity index (χ3n) is 6.35. The predicted molar refractivity (Wildman–Crippen MR) is 129 cm³/mol. The molecule has 0 atom stereocenters. The van der Waals surface area contributed by atoms with Gasteiger partial charge in [0.05, 0.1) is 19.6 Å².